The summed E-state index contributed by atoms with van der Waals surface area (Å²) in [6, 6.07) is 4.44. The molecule has 18 heavy (non-hydrogen) atoms. The zero-order valence-electron chi connectivity index (χ0n) is 11.7. The average molecular weight is 268 g/mol. The maximum atomic E-state index is 10.7. The van der Waals surface area contributed by atoms with Crippen molar-refractivity contribution >= 4 is 10.7 Å². The summed E-state index contributed by atoms with van der Waals surface area (Å²) in [7, 11) is -2.27. The topological polar surface area (TPSA) is 34.1 Å². The average Bonchev–Trinajstić information content (AvgIpc) is 2.28. The summed E-state index contributed by atoms with van der Waals surface area (Å²) in [5.74, 6) is 0.256. The number of hydrogen-bond acceptors (Lipinski definition) is 2. The fraction of sp³-hybridized carbons (Fsp3) is 0.600. The highest BCUT2D eigenvalue weighted by molar-refractivity contribution is 7.72. The van der Waals surface area contributed by atoms with Crippen LogP contribution in [0.25, 0.3) is 0 Å². The van der Waals surface area contributed by atoms with Crippen LogP contribution in [0.1, 0.15) is 48.4 Å². The summed E-state index contributed by atoms with van der Waals surface area (Å²) >= 11 is 0. The van der Waals surface area contributed by atoms with Crippen LogP contribution >= 0.6 is 0 Å². The van der Waals surface area contributed by atoms with E-state index in [2.05, 4.69) is 32.9 Å². The van der Waals surface area contributed by atoms with E-state index in [1.165, 1.54) is 41.5 Å². The highest BCUT2D eigenvalue weighted by Gasteiger charge is 2.05. The second-order valence-corrected chi connectivity index (χ2v) is 6.08. The van der Waals surface area contributed by atoms with Crippen molar-refractivity contribution in [1.29, 1.82) is 0 Å². The van der Waals surface area contributed by atoms with E-state index in [-0.39, 0.29) is 5.75 Å². The smallest absolute Gasteiger partial charge is 0.140 e. The van der Waals surface area contributed by atoms with Gasteiger partial charge in [-0.25, -0.2) is 8.42 Å². The van der Waals surface area contributed by atoms with Crippen LogP contribution in [-0.2, 0) is 23.5 Å². The van der Waals surface area contributed by atoms with Gasteiger partial charge in [-0.15, -0.1) is 0 Å². The van der Waals surface area contributed by atoms with Crippen molar-refractivity contribution in [2.75, 3.05) is 5.75 Å². The van der Waals surface area contributed by atoms with Crippen molar-refractivity contribution in [3.63, 3.8) is 0 Å². The maximum absolute atomic E-state index is 10.7. The van der Waals surface area contributed by atoms with E-state index in [1.54, 1.807) is 0 Å². The molecule has 0 saturated carbocycles. The standard InChI is InChI=1S/C15H24O2S/c1-4-5-6-7-14-10-12(2)15(13(3)11-14)8-9-18(16)17/h10-11,18H,4-9H2,1-3H3. The molecule has 0 fully saturated rings. The van der Waals surface area contributed by atoms with Gasteiger partial charge in [0.15, 0.2) is 0 Å². The molecule has 0 aliphatic heterocycles. The minimum Gasteiger partial charge on any atom is -0.232 e. The first-order valence-corrected chi connectivity index (χ1v) is 8.11. The zero-order valence-corrected chi connectivity index (χ0v) is 12.6. The van der Waals surface area contributed by atoms with Crippen molar-refractivity contribution < 1.29 is 8.42 Å². The van der Waals surface area contributed by atoms with E-state index >= 15 is 0 Å². The van der Waals surface area contributed by atoms with Gasteiger partial charge in [0.1, 0.15) is 10.7 Å². The predicted octanol–water partition coefficient (Wildman–Crippen LogP) is 3.19. The molecule has 0 spiro atoms. The van der Waals surface area contributed by atoms with Gasteiger partial charge in [0.05, 0.1) is 5.75 Å². The zero-order chi connectivity index (χ0) is 13.5. The fourth-order valence-electron chi connectivity index (χ4n) is 2.40. The number of benzene rings is 1. The number of rotatable bonds is 7. The molecule has 0 aliphatic rings. The van der Waals surface area contributed by atoms with Gasteiger partial charge in [-0.1, -0.05) is 31.9 Å². The van der Waals surface area contributed by atoms with Crippen LogP contribution in [0.2, 0.25) is 0 Å². The molecule has 0 amide bonds. The summed E-state index contributed by atoms with van der Waals surface area (Å²) in [6.07, 6.45) is 5.53. The van der Waals surface area contributed by atoms with Crippen molar-refractivity contribution in [2.45, 2.75) is 52.9 Å². The number of aryl methyl sites for hydroxylation is 3. The lowest BCUT2D eigenvalue weighted by atomic mass is 9.95. The van der Waals surface area contributed by atoms with Gasteiger partial charge < -0.3 is 0 Å². The first-order chi connectivity index (χ1) is 8.54. The quantitative estimate of drug-likeness (QED) is 0.609. The Labute approximate surface area is 112 Å². The van der Waals surface area contributed by atoms with Gasteiger partial charge in [-0.3, -0.25) is 0 Å². The van der Waals surface area contributed by atoms with Crippen LogP contribution in [-0.4, -0.2) is 14.2 Å². The molecule has 0 radical (unpaired) electrons. The molecule has 0 unspecified atom stereocenters. The van der Waals surface area contributed by atoms with Gasteiger partial charge >= 0.3 is 0 Å². The Morgan fingerprint density at radius 1 is 1.00 bits per heavy atom. The summed E-state index contributed by atoms with van der Waals surface area (Å²) < 4.78 is 21.3. The maximum Gasteiger partial charge on any atom is 0.140 e. The molecule has 0 atom stereocenters. The Bertz CT molecular complexity index is 431. The Morgan fingerprint density at radius 2 is 1.61 bits per heavy atom. The monoisotopic (exact) mass is 268 g/mol. The molecular weight excluding hydrogens is 244 g/mol. The predicted molar refractivity (Wildman–Crippen MR) is 78.0 cm³/mol. The third kappa shape index (κ3) is 4.81. The lowest BCUT2D eigenvalue weighted by molar-refractivity contribution is 0.613. The highest BCUT2D eigenvalue weighted by atomic mass is 32.2. The fourth-order valence-corrected chi connectivity index (χ4v) is 2.81. The summed E-state index contributed by atoms with van der Waals surface area (Å²) in [5, 5.41) is 0. The van der Waals surface area contributed by atoms with Crippen molar-refractivity contribution in [3.8, 4) is 0 Å². The minimum absolute atomic E-state index is 0.256. The Kier molecular flexibility index (Phi) is 6.41. The lowest BCUT2D eigenvalue weighted by Crippen LogP contribution is -2.01. The third-order valence-electron chi connectivity index (χ3n) is 3.37. The van der Waals surface area contributed by atoms with E-state index in [0.717, 1.165) is 6.42 Å². The molecule has 0 aromatic heterocycles. The summed E-state index contributed by atoms with van der Waals surface area (Å²) in [4.78, 5) is 0. The van der Waals surface area contributed by atoms with Crippen molar-refractivity contribution in [3.05, 3.63) is 34.4 Å². The van der Waals surface area contributed by atoms with E-state index in [4.69, 9.17) is 0 Å². The molecule has 3 heteroatoms. The molecule has 0 N–H and O–H groups in total. The normalized spacial score (nSPS) is 11.1. The molecule has 1 aromatic rings. The minimum atomic E-state index is -2.27. The largest absolute Gasteiger partial charge is 0.232 e. The third-order valence-corrected chi connectivity index (χ3v) is 3.96. The molecule has 102 valence electrons. The SMILES string of the molecule is CCCCCc1cc(C)c(CC[SH](=O)=O)c(C)c1. The van der Waals surface area contributed by atoms with E-state index in [9.17, 15) is 8.42 Å². The first-order valence-electron chi connectivity index (χ1n) is 6.75. The molecule has 2 nitrogen and oxygen atoms in total. The second-order valence-electron chi connectivity index (χ2n) is 4.97. The summed E-state index contributed by atoms with van der Waals surface area (Å²) in [6.45, 7) is 6.39. The van der Waals surface area contributed by atoms with E-state index in [1.807, 2.05) is 0 Å². The van der Waals surface area contributed by atoms with Crippen LogP contribution in [0.3, 0.4) is 0 Å². The number of unbranched alkanes of at least 4 members (excludes halogenated alkanes) is 2. The molecule has 0 saturated heterocycles. The molecule has 0 aliphatic carbocycles. The first kappa shape index (κ1) is 15.2. The van der Waals surface area contributed by atoms with E-state index in [0.29, 0.717) is 6.42 Å². The van der Waals surface area contributed by atoms with Crippen molar-refractivity contribution in [2.24, 2.45) is 0 Å². The van der Waals surface area contributed by atoms with Crippen molar-refractivity contribution in [1.82, 2.24) is 0 Å². The van der Waals surface area contributed by atoms with Gasteiger partial charge in [0.2, 0.25) is 0 Å². The van der Waals surface area contributed by atoms with Crippen LogP contribution in [0.15, 0.2) is 12.1 Å². The van der Waals surface area contributed by atoms with Crippen LogP contribution in [0.4, 0.5) is 0 Å². The van der Waals surface area contributed by atoms with Crippen LogP contribution < -0.4 is 0 Å². The van der Waals surface area contributed by atoms with Gasteiger partial charge in [0, 0.05) is 0 Å². The lowest BCUT2D eigenvalue weighted by Gasteiger charge is -2.11. The molecule has 1 rings (SSSR count). The Morgan fingerprint density at radius 3 is 2.11 bits per heavy atom. The second kappa shape index (κ2) is 7.57. The van der Waals surface area contributed by atoms with Gasteiger partial charge in [0.25, 0.3) is 0 Å². The summed E-state index contributed by atoms with van der Waals surface area (Å²) in [5.41, 5.74) is 5.05. The number of thiol groups is 1. The Balaban J connectivity index is 2.76. The van der Waals surface area contributed by atoms with E-state index < -0.39 is 10.7 Å². The molecular formula is C15H24O2S. The van der Waals surface area contributed by atoms with Crippen LogP contribution in [0, 0.1) is 13.8 Å². The molecule has 0 heterocycles. The highest BCUT2D eigenvalue weighted by Crippen LogP contribution is 2.19. The number of hydrogen-bond donors (Lipinski definition) is 1. The molecule has 1 aromatic carbocycles. The van der Waals surface area contributed by atoms with Gasteiger partial charge in [-0.2, -0.15) is 0 Å². The van der Waals surface area contributed by atoms with Gasteiger partial charge in [-0.05, 0) is 55.4 Å². The van der Waals surface area contributed by atoms with Crippen LogP contribution in [0.5, 0.6) is 0 Å². The Hall–Kier alpha value is -0.830. The molecule has 0 bridgehead atoms.